The zero-order valence-corrected chi connectivity index (χ0v) is 9.91. The molecule has 0 N–H and O–H groups in total. The molecule has 0 bridgehead atoms. The summed E-state index contributed by atoms with van der Waals surface area (Å²) in [5.41, 5.74) is 2.29. The van der Waals surface area contributed by atoms with Gasteiger partial charge in [0.15, 0.2) is 0 Å². The molecule has 0 unspecified atom stereocenters. The maximum atomic E-state index is 11.9. The smallest absolute Gasteiger partial charge is 0.127 e. The molecule has 1 aromatic carbocycles. The fraction of sp³-hybridized carbons (Fsp3) is 0.154. The predicted octanol–water partition coefficient (Wildman–Crippen LogP) is 2.70. The highest BCUT2D eigenvalue weighted by Gasteiger charge is 2.05. The molecule has 0 aliphatic heterocycles. The van der Waals surface area contributed by atoms with E-state index >= 15 is 0 Å². The van der Waals surface area contributed by atoms with Gasteiger partial charge in [0.2, 0.25) is 0 Å². The zero-order chi connectivity index (χ0) is 11.4. The Morgan fingerprint density at radius 1 is 1.12 bits per heavy atom. The minimum absolute atomic E-state index is 0.525. The first-order valence-electron chi connectivity index (χ1n) is 5.10. The lowest BCUT2D eigenvalue weighted by atomic mass is 10.2. The van der Waals surface area contributed by atoms with Gasteiger partial charge in [-0.15, -0.1) is 0 Å². The van der Waals surface area contributed by atoms with Crippen LogP contribution in [0.5, 0.6) is 0 Å². The van der Waals surface area contributed by atoms with Crippen LogP contribution in [0.25, 0.3) is 0 Å². The average molecular weight is 231 g/mol. The summed E-state index contributed by atoms with van der Waals surface area (Å²) in [6, 6.07) is 13.6. The van der Waals surface area contributed by atoms with Crippen molar-refractivity contribution in [1.29, 1.82) is 0 Å². The van der Waals surface area contributed by atoms with Crippen LogP contribution in [0.2, 0.25) is 0 Å². The monoisotopic (exact) mass is 231 g/mol. The Morgan fingerprint density at radius 3 is 2.50 bits per heavy atom. The highest BCUT2D eigenvalue weighted by Crippen LogP contribution is 2.10. The van der Waals surface area contributed by atoms with E-state index in [1.54, 1.807) is 12.3 Å². The normalized spacial score (nSPS) is 12.3. The van der Waals surface area contributed by atoms with Gasteiger partial charge in [-0.05, 0) is 24.6 Å². The first-order chi connectivity index (χ1) is 7.75. The van der Waals surface area contributed by atoms with Gasteiger partial charge in [0.25, 0.3) is 0 Å². The van der Waals surface area contributed by atoms with Gasteiger partial charge >= 0.3 is 0 Å². The average Bonchev–Trinajstić information content (AvgIpc) is 2.33. The summed E-state index contributed by atoms with van der Waals surface area (Å²) in [6.45, 7) is 2.04. The van der Waals surface area contributed by atoms with E-state index in [1.165, 1.54) is 5.56 Å². The zero-order valence-electron chi connectivity index (χ0n) is 9.09. The van der Waals surface area contributed by atoms with E-state index < -0.39 is 10.8 Å². The van der Waals surface area contributed by atoms with Gasteiger partial charge in [0.1, 0.15) is 5.03 Å². The van der Waals surface area contributed by atoms with Gasteiger partial charge in [0, 0.05) is 6.20 Å². The van der Waals surface area contributed by atoms with E-state index in [9.17, 15) is 4.21 Å². The third-order valence-electron chi connectivity index (χ3n) is 2.29. The molecule has 0 radical (unpaired) electrons. The van der Waals surface area contributed by atoms with Crippen LogP contribution in [-0.4, -0.2) is 9.19 Å². The fourth-order valence-corrected chi connectivity index (χ4v) is 2.44. The third-order valence-corrected chi connectivity index (χ3v) is 3.59. The van der Waals surface area contributed by atoms with Crippen molar-refractivity contribution in [2.24, 2.45) is 0 Å². The van der Waals surface area contributed by atoms with Crippen LogP contribution in [0.3, 0.4) is 0 Å². The van der Waals surface area contributed by atoms with Crippen LogP contribution in [0.4, 0.5) is 0 Å². The summed E-state index contributed by atoms with van der Waals surface area (Å²) in [6.07, 6.45) is 1.67. The van der Waals surface area contributed by atoms with Gasteiger partial charge in [-0.25, -0.2) is 4.98 Å². The molecule has 16 heavy (non-hydrogen) atoms. The molecule has 2 nitrogen and oxygen atoms in total. The number of pyridine rings is 1. The highest BCUT2D eigenvalue weighted by molar-refractivity contribution is 7.84. The van der Waals surface area contributed by atoms with Crippen LogP contribution in [0.15, 0.2) is 53.7 Å². The molecule has 0 amide bonds. The molecule has 1 heterocycles. The molecule has 2 aromatic rings. The molecule has 1 aromatic heterocycles. The van der Waals surface area contributed by atoms with E-state index in [0.717, 1.165) is 5.56 Å². The molecular formula is C13H13NOS. The van der Waals surface area contributed by atoms with E-state index in [-0.39, 0.29) is 0 Å². The van der Waals surface area contributed by atoms with Crippen molar-refractivity contribution in [2.45, 2.75) is 17.7 Å². The maximum absolute atomic E-state index is 11.9. The van der Waals surface area contributed by atoms with Crippen molar-refractivity contribution in [3.8, 4) is 0 Å². The van der Waals surface area contributed by atoms with E-state index in [2.05, 4.69) is 4.98 Å². The standard InChI is InChI=1S/C13H13NOS/c1-11-5-7-12(8-6-11)10-16(15)13-4-2-3-9-14-13/h2-9H,10H2,1H3/t16-/m0/s1. The van der Waals surface area contributed by atoms with Crippen molar-refractivity contribution in [2.75, 3.05) is 0 Å². The second kappa shape index (κ2) is 5.03. The molecule has 0 saturated carbocycles. The summed E-state index contributed by atoms with van der Waals surface area (Å²) < 4.78 is 11.9. The Hall–Kier alpha value is -1.48. The van der Waals surface area contributed by atoms with Crippen molar-refractivity contribution < 1.29 is 4.21 Å². The Kier molecular flexibility index (Phi) is 3.47. The highest BCUT2D eigenvalue weighted by atomic mass is 32.2. The largest absolute Gasteiger partial charge is 0.252 e. The number of aromatic nitrogens is 1. The maximum Gasteiger partial charge on any atom is 0.127 e. The van der Waals surface area contributed by atoms with Gasteiger partial charge < -0.3 is 0 Å². The van der Waals surface area contributed by atoms with Gasteiger partial charge in [-0.1, -0.05) is 35.9 Å². The Bertz CT molecular complexity index is 479. The number of hydrogen-bond donors (Lipinski definition) is 0. The van der Waals surface area contributed by atoms with E-state index in [1.807, 2.05) is 43.3 Å². The molecular weight excluding hydrogens is 218 g/mol. The quantitative estimate of drug-likeness (QED) is 0.813. The number of aryl methyl sites for hydroxylation is 1. The van der Waals surface area contributed by atoms with E-state index in [0.29, 0.717) is 10.8 Å². The summed E-state index contributed by atoms with van der Waals surface area (Å²) in [5, 5.41) is 0.642. The third kappa shape index (κ3) is 2.76. The molecule has 0 fully saturated rings. The van der Waals surface area contributed by atoms with Crippen molar-refractivity contribution >= 4 is 10.8 Å². The first kappa shape index (κ1) is 11.0. The molecule has 0 saturated heterocycles. The number of rotatable bonds is 3. The predicted molar refractivity (Wildman–Crippen MR) is 65.5 cm³/mol. The lowest BCUT2D eigenvalue weighted by Gasteiger charge is -2.02. The van der Waals surface area contributed by atoms with Crippen LogP contribution >= 0.6 is 0 Å². The number of nitrogens with zero attached hydrogens (tertiary/aromatic N) is 1. The molecule has 0 aliphatic carbocycles. The lowest BCUT2D eigenvalue weighted by Crippen LogP contribution is -1.98. The van der Waals surface area contributed by atoms with Crippen LogP contribution in [-0.2, 0) is 16.6 Å². The topological polar surface area (TPSA) is 30.0 Å². The Balaban J connectivity index is 2.11. The summed E-state index contributed by atoms with van der Waals surface area (Å²) in [7, 11) is -1.05. The molecule has 82 valence electrons. The van der Waals surface area contributed by atoms with Gasteiger partial charge in [-0.3, -0.25) is 4.21 Å². The summed E-state index contributed by atoms with van der Waals surface area (Å²) >= 11 is 0. The molecule has 0 spiro atoms. The van der Waals surface area contributed by atoms with Crippen molar-refractivity contribution in [3.63, 3.8) is 0 Å². The SMILES string of the molecule is Cc1ccc(C[S@](=O)c2ccccn2)cc1. The Labute approximate surface area is 97.8 Å². The first-order valence-corrected chi connectivity index (χ1v) is 6.42. The van der Waals surface area contributed by atoms with Crippen molar-refractivity contribution in [1.82, 2.24) is 4.98 Å². The minimum atomic E-state index is -1.05. The Morgan fingerprint density at radius 2 is 1.88 bits per heavy atom. The van der Waals surface area contributed by atoms with E-state index in [4.69, 9.17) is 0 Å². The van der Waals surface area contributed by atoms with Crippen LogP contribution in [0.1, 0.15) is 11.1 Å². The van der Waals surface area contributed by atoms with Crippen LogP contribution in [0, 0.1) is 6.92 Å². The summed E-state index contributed by atoms with van der Waals surface area (Å²) in [4.78, 5) is 4.09. The molecule has 0 aliphatic rings. The number of benzene rings is 1. The second-order valence-corrected chi connectivity index (χ2v) is 5.04. The van der Waals surface area contributed by atoms with Crippen LogP contribution < -0.4 is 0 Å². The van der Waals surface area contributed by atoms with Crippen molar-refractivity contribution in [3.05, 3.63) is 59.8 Å². The molecule has 3 heteroatoms. The second-order valence-electron chi connectivity index (χ2n) is 3.64. The number of hydrogen-bond acceptors (Lipinski definition) is 2. The molecule has 2 rings (SSSR count). The van der Waals surface area contributed by atoms with Gasteiger partial charge in [0.05, 0.1) is 16.6 Å². The summed E-state index contributed by atoms with van der Waals surface area (Å²) in [5.74, 6) is 0.525. The van der Waals surface area contributed by atoms with Gasteiger partial charge in [-0.2, -0.15) is 0 Å². The minimum Gasteiger partial charge on any atom is -0.252 e. The molecule has 1 atom stereocenters. The fourth-order valence-electron chi connectivity index (χ4n) is 1.39. The lowest BCUT2D eigenvalue weighted by molar-refractivity contribution is 0.680.